The molecule has 1 N–H and O–H groups in total. The van der Waals surface area contributed by atoms with Gasteiger partial charge in [-0.2, -0.15) is 0 Å². The van der Waals surface area contributed by atoms with Gasteiger partial charge in [0.1, 0.15) is 5.54 Å². The molecule has 0 aromatic carbocycles. The molecule has 4 heteroatoms. The van der Waals surface area contributed by atoms with E-state index >= 15 is 0 Å². The predicted octanol–water partition coefficient (Wildman–Crippen LogP) is 0.960. The molecule has 14 heavy (non-hydrogen) atoms. The Labute approximate surface area is 84.8 Å². The van der Waals surface area contributed by atoms with Crippen LogP contribution in [0.4, 0.5) is 0 Å². The molecule has 1 rings (SSSR count). The van der Waals surface area contributed by atoms with E-state index in [-0.39, 0.29) is 6.04 Å². The van der Waals surface area contributed by atoms with E-state index in [9.17, 15) is 9.90 Å². The fourth-order valence-electron chi connectivity index (χ4n) is 2.25. The molecule has 2 atom stereocenters. The molecule has 0 aliphatic carbocycles. The summed E-state index contributed by atoms with van der Waals surface area (Å²) in [5.41, 5.74) is -0.696. The first-order chi connectivity index (χ1) is 6.52. The van der Waals surface area contributed by atoms with Gasteiger partial charge in [-0.25, -0.2) is 0 Å². The number of likely N-dealkylation sites (tertiary alicyclic amines) is 1. The van der Waals surface area contributed by atoms with Gasteiger partial charge in [0.15, 0.2) is 0 Å². The number of aliphatic carboxylic acids is 1. The van der Waals surface area contributed by atoms with Crippen LogP contribution in [0.3, 0.4) is 0 Å². The molecule has 1 saturated heterocycles. The molecular weight excluding hydrogens is 182 g/mol. The van der Waals surface area contributed by atoms with Gasteiger partial charge < -0.3 is 9.84 Å². The lowest BCUT2D eigenvalue weighted by molar-refractivity contribution is -0.150. The second-order valence-corrected chi connectivity index (χ2v) is 4.18. The summed E-state index contributed by atoms with van der Waals surface area (Å²) in [5, 5.41) is 9.18. The second kappa shape index (κ2) is 4.28. The Morgan fingerprint density at radius 2 is 2.36 bits per heavy atom. The summed E-state index contributed by atoms with van der Waals surface area (Å²) in [6, 6.07) is 0.170. The zero-order valence-corrected chi connectivity index (χ0v) is 9.12. The topological polar surface area (TPSA) is 49.8 Å². The normalized spacial score (nSPS) is 30.5. The maximum Gasteiger partial charge on any atom is 0.323 e. The average Bonchev–Trinajstić information content (AvgIpc) is 2.49. The first-order valence-electron chi connectivity index (χ1n) is 5.01. The first-order valence-corrected chi connectivity index (χ1v) is 5.01. The van der Waals surface area contributed by atoms with Crippen LogP contribution in [0.5, 0.6) is 0 Å². The minimum absolute atomic E-state index is 0.170. The Bertz CT molecular complexity index is 219. The van der Waals surface area contributed by atoms with Gasteiger partial charge in [0, 0.05) is 13.2 Å². The highest BCUT2D eigenvalue weighted by Gasteiger charge is 2.45. The maximum atomic E-state index is 11.2. The number of carboxylic acids is 1. The lowest BCUT2D eigenvalue weighted by atomic mass is 9.98. The van der Waals surface area contributed by atoms with Crippen LogP contribution < -0.4 is 0 Å². The lowest BCUT2D eigenvalue weighted by Crippen LogP contribution is -2.52. The summed E-state index contributed by atoms with van der Waals surface area (Å²) in [5.74, 6) is -0.724. The van der Waals surface area contributed by atoms with E-state index in [4.69, 9.17) is 4.74 Å². The van der Waals surface area contributed by atoms with Gasteiger partial charge in [0.05, 0.1) is 6.61 Å². The quantitative estimate of drug-likeness (QED) is 0.736. The Morgan fingerprint density at radius 1 is 1.71 bits per heavy atom. The SMILES string of the molecule is COCC(C)N1CCCC1(C)C(=O)O. The molecule has 1 aliphatic rings. The van der Waals surface area contributed by atoms with Crippen LogP contribution in [-0.2, 0) is 9.53 Å². The van der Waals surface area contributed by atoms with Crippen LogP contribution in [0.1, 0.15) is 26.7 Å². The zero-order chi connectivity index (χ0) is 10.8. The van der Waals surface area contributed by atoms with Crippen molar-refractivity contribution in [2.75, 3.05) is 20.3 Å². The standard InChI is InChI=1S/C10H19NO3/c1-8(7-14-3)11-6-4-5-10(11,2)9(12)13/h8H,4-7H2,1-3H3,(H,12,13). The van der Waals surface area contributed by atoms with Gasteiger partial charge in [0.2, 0.25) is 0 Å². The molecule has 4 nitrogen and oxygen atoms in total. The number of carbonyl (C=O) groups is 1. The molecule has 0 bridgehead atoms. The summed E-state index contributed by atoms with van der Waals surface area (Å²) in [6.07, 6.45) is 1.69. The van der Waals surface area contributed by atoms with Crippen molar-refractivity contribution in [1.29, 1.82) is 0 Å². The highest BCUT2D eigenvalue weighted by atomic mass is 16.5. The Kier molecular flexibility index (Phi) is 3.50. The van der Waals surface area contributed by atoms with Gasteiger partial charge in [-0.05, 0) is 33.2 Å². The van der Waals surface area contributed by atoms with E-state index in [2.05, 4.69) is 0 Å². The largest absolute Gasteiger partial charge is 0.480 e. The molecular formula is C10H19NO3. The van der Waals surface area contributed by atoms with Crippen molar-refractivity contribution in [3.8, 4) is 0 Å². The van der Waals surface area contributed by atoms with Gasteiger partial charge >= 0.3 is 5.97 Å². The van der Waals surface area contributed by atoms with Crippen LogP contribution in [0, 0.1) is 0 Å². The smallest absolute Gasteiger partial charge is 0.323 e. The minimum Gasteiger partial charge on any atom is -0.480 e. The second-order valence-electron chi connectivity index (χ2n) is 4.18. The van der Waals surface area contributed by atoms with Gasteiger partial charge in [-0.1, -0.05) is 0 Å². The Balaban J connectivity index is 2.72. The highest BCUT2D eigenvalue weighted by Crippen LogP contribution is 2.31. The molecule has 0 radical (unpaired) electrons. The van der Waals surface area contributed by atoms with Crippen molar-refractivity contribution >= 4 is 5.97 Å². The summed E-state index contributed by atoms with van der Waals surface area (Å²) >= 11 is 0. The number of rotatable bonds is 4. The van der Waals surface area contributed by atoms with Crippen molar-refractivity contribution in [2.45, 2.75) is 38.3 Å². The van der Waals surface area contributed by atoms with Crippen LogP contribution in [0.15, 0.2) is 0 Å². The average molecular weight is 201 g/mol. The molecule has 82 valence electrons. The third-order valence-electron chi connectivity index (χ3n) is 3.10. The number of nitrogens with zero attached hydrogens (tertiary/aromatic N) is 1. The summed E-state index contributed by atoms with van der Waals surface area (Å²) < 4.78 is 5.05. The Hall–Kier alpha value is -0.610. The molecule has 1 fully saturated rings. The third-order valence-corrected chi connectivity index (χ3v) is 3.10. The molecule has 1 aliphatic heterocycles. The molecule has 0 amide bonds. The van der Waals surface area contributed by atoms with Gasteiger partial charge in [-0.3, -0.25) is 9.69 Å². The molecule has 0 saturated carbocycles. The van der Waals surface area contributed by atoms with E-state index in [0.29, 0.717) is 6.61 Å². The maximum absolute atomic E-state index is 11.2. The van der Waals surface area contributed by atoms with Crippen molar-refractivity contribution in [3.63, 3.8) is 0 Å². The van der Waals surface area contributed by atoms with Crippen LogP contribution >= 0.6 is 0 Å². The minimum atomic E-state index is -0.724. The van der Waals surface area contributed by atoms with Gasteiger partial charge in [-0.15, -0.1) is 0 Å². The Morgan fingerprint density at radius 3 is 2.86 bits per heavy atom. The van der Waals surface area contributed by atoms with E-state index < -0.39 is 11.5 Å². The molecule has 0 spiro atoms. The van der Waals surface area contributed by atoms with Crippen molar-refractivity contribution < 1.29 is 14.6 Å². The molecule has 1 heterocycles. The van der Waals surface area contributed by atoms with Crippen molar-refractivity contribution in [2.24, 2.45) is 0 Å². The van der Waals surface area contributed by atoms with E-state index in [1.54, 1.807) is 14.0 Å². The lowest BCUT2D eigenvalue weighted by Gasteiger charge is -2.35. The zero-order valence-electron chi connectivity index (χ0n) is 9.12. The van der Waals surface area contributed by atoms with Crippen molar-refractivity contribution in [3.05, 3.63) is 0 Å². The number of hydrogen-bond donors (Lipinski definition) is 1. The number of carboxylic acid groups (broad SMARTS) is 1. The molecule has 0 aromatic heterocycles. The molecule has 0 aromatic rings. The third kappa shape index (κ3) is 1.91. The molecule has 2 unspecified atom stereocenters. The van der Waals surface area contributed by atoms with Crippen molar-refractivity contribution in [1.82, 2.24) is 4.90 Å². The predicted molar refractivity (Wildman–Crippen MR) is 53.3 cm³/mol. The summed E-state index contributed by atoms with van der Waals surface area (Å²) in [6.45, 7) is 5.25. The monoisotopic (exact) mass is 201 g/mol. The van der Waals surface area contributed by atoms with E-state index in [1.165, 1.54) is 0 Å². The van der Waals surface area contributed by atoms with E-state index in [1.807, 2.05) is 11.8 Å². The van der Waals surface area contributed by atoms with Crippen LogP contribution in [-0.4, -0.2) is 47.8 Å². The first kappa shape index (κ1) is 11.5. The highest BCUT2D eigenvalue weighted by molar-refractivity contribution is 5.78. The fourth-order valence-corrected chi connectivity index (χ4v) is 2.25. The summed E-state index contributed by atoms with van der Waals surface area (Å²) in [4.78, 5) is 13.2. The summed E-state index contributed by atoms with van der Waals surface area (Å²) in [7, 11) is 1.64. The van der Waals surface area contributed by atoms with Crippen LogP contribution in [0.2, 0.25) is 0 Å². The fraction of sp³-hybridized carbons (Fsp3) is 0.900. The van der Waals surface area contributed by atoms with Gasteiger partial charge in [0.25, 0.3) is 0 Å². The van der Waals surface area contributed by atoms with E-state index in [0.717, 1.165) is 19.4 Å². The number of hydrogen-bond acceptors (Lipinski definition) is 3. The van der Waals surface area contributed by atoms with Crippen LogP contribution in [0.25, 0.3) is 0 Å². The number of ether oxygens (including phenoxy) is 1. The number of methoxy groups -OCH3 is 1.